The Morgan fingerprint density at radius 2 is 1.43 bits per heavy atom. The standard InChI is InChI=1S/C37H39N5O4/c1-39-26-34(43)41-33(42(39)37(45)38-24-27-18-20-31(46-2)21-19-27)25-40(36(44)35(41)30-16-10-5-11-17-30)23-22-32(28-12-6-3-7-13-28)29-14-8-4-9-15-29/h3-21,32-33,35H,22-26H2,1-2H3,(H,38,45)/t33-,35-/m0/s1. The molecule has 0 saturated carbocycles. The third-order valence-electron chi connectivity index (χ3n) is 8.85. The molecule has 0 radical (unpaired) electrons. The van der Waals surface area contributed by atoms with Crippen molar-refractivity contribution in [3.8, 4) is 5.75 Å². The minimum Gasteiger partial charge on any atom is -0.497 e. The zero-order valence-corrected chi connectivity index (χ0v) is 26.2. The lowest BCUT2D eigenvalue weighted by molar-refractivity contribution is -0.187. The number of carbonyl (C=O) groups is 3. The number of hydrazine groups is 1. The van der Waals surface area contributed by atoms with Crippen molar-refractivity contribution in [3.63, 3.8) is 0 Å². The summed E-state index contributed by atoms with van der Waals surface area (Å²) in [6.45, 7) is 0.937. The molecule has 2 aliphatic rings. The van der Waals surface area contributed by atoms with Gasteiger partial charge in [-0.25, -0.2) is 14.8 Å². The number of nitrogens with zero attached hydrogens (tertiary/aromatic N) is 4. The first kappa shape index (κ1) is 30.9. The van der Waals surface area contributed by atoms with Gasteiger partial charge in [-0.15, -0.1) is 0 Å². The highest BCUT2D eigenvalue weighted by Crippen LogP contribution is 2.36. The number of piperazine rings is 1. The number of rotatable bonds is 9. The fraction of sp³-hybridized carbons (Fsp3) is 0.270. The molecule has 4 aromatic rings. The van der Waals surface area contributed by atoms with Gasteiger partial charge in [-0.3, -0.25) is 9.59 Å². The minimum absolute atomic E-state index is 0.0207. The average Bonchev–Trinajstić information content (AvgIpc) is 3.09. The van der Waals surface area contributed by atoms with Crippen molar-refractivity contribution in [2.75, 3.05) is 33.8 Å². The van der Waals surface area contributed by atoms with Crippen LogP contribution < -0.4 is 10.1 Å². The molecule has 6 rings (SSSR count). The van der Waals surface area contributed by atoms with Gasteiger partial charge in [0.05, 0.1) is 20.2 Å². The Morgan fingerprint density at radius 3 is 2.02 bits per heavy atom. The van der Waals surface area contributed by atoms with Gasteiger partial charge in [0.2, 0.25) is 11.8 Å². The van der Waals surface area contributed by atoms with Gasteiger partial charge < -0.3 is 19.9 Å². The molecule has 2 heterocycles. The second kappa shape index (κ2) is 13.9. The number of amides is 4. The molecule has 0 aromatic heterocycles. The molecular formula is C37H39N5O4. The zero-order valence-electron chi connectivity index (χ0n) is 26.2. The topological polar surface area (TPSA) is 85.4 Å². The van der Waals surface area contributed by atoms with E-state index in [1.54, 1.807) is 29.1 Å². The van der Waals surface area contributed by atoms with E-state index in [0.29, 0.717) is 19.5 Å². The summed E-state index contributed by atoms with van der Waals surface area (Å²) in [5.41, 5.74) is 3.98. The lowest BCUT2D eigenvalue weighted by Gasteiger charge is -2.54. The monoisotopic (exact) mass is 617 g/mol. The quantitative estimate of drug-likeness (QED) is 0.285. The summed E-state index contributed by atoms with van der Waals surface area (Å²) in [6, 6.07) is 36.3. The minimum atomic E-state index is -0.843. The fourth-order valence-corrected chi connectivity index (χ4v) is 6.54. The fourth-order valence-electron chi connectivity index (χ4n) is 6.54. The average molecular weight is 618 g/mol. The maximum atomic E-state index is 14.3. The number of hydrogen-bond donors (Lipinski definition) is 1. The molecule has 2 atom stereocenters. The number of hydrogen-bond acceptors (Lipinski definition) is 5. The van der Waals surface area contributed by atoms with Gasteiger partial charge in [-0.05, 0) is 40.8 Å². The van der Waals surface area contributed by atoms with Crippen LogP contribution in [0.4, 0.5) is 4.79 Å². The number of carbonyl (C=O) groups excluding carboxylic acids is 3. The second-order valence-electron chi connectivity index (χ2n) is 11.7. The van der Waals surface area contributed by atoms with Crippen LogP contribution in [0.25, 0.3) is 0 Å². The van der Waals surface area contributed by atoms with Gasteiger partial charge in [-0.2, -0.15) is 0 Å². The van der Waals surface area contributed by atoms with Crippen molar-refractivity contribution in [2.24, 2.45) is 0 Å². The van der Waals surface area contributed by atoms with Crippen molar-refractivity contribution in [1.29, 1.82) is 0 Å². The van der Waals surface area contributed by atoms with Crippen LogP contribution in [-0.2, 0) is 16.1 Å². The molecule has 2 saturated heterocycles. The predicted molar refractivity (Wildman–Crippen MR) is 175 cm³/mol. The molecule has 236 valence electrons. The van der Waals surface area contributed by atoms with E-state index in [4.69, 9.17) is 4.74 Å². The second-order valence-corrected chi connectivity index (χ2v) is 11.7. The van der Waals surface area contributed by atoms with Crippen LogP contribution in [0, 0.1) is 0 Å². The highest BCUT2D eigenvalue weighted by atomic mass is 16.5. The Hall–Kier alpha value is -5.15. The molecule has 9 heteroatoms. The van der Waals surface area contributed by atoms with Crippen LogP contribution in [0.2, 0.25) is 0 Å². The lowest BCUT2D eigenvalue weighted by Crippen LogP contribution is -2.73. The smallest absolute Gasteiger partial charge is 0.334 e. The van der Waals surface area contributed by atoms with Crippen molar-refractivity contribution < 1.29 is 19.1 Å². The maximum Gasteiger partial charge on any atom is 0.334 e. The van der Waals surface area contributed by atoms with Gasteiger partial charge in [-0.1, -0.05) is 103 Å². The van der Waals surface area contributed by atoms with E-state index in [9.17, 15) is 14.4 Å². The van der Waals surface area contributed by atoms with E-state index >= 15 is 0 Å². The molecule has 2 aliphatic heterocycles. The van der Waals surface area contributed by atoms with Gasteiger partial charge in [0, 0.05) is 26.1 Å². The van der Waals surface area contributed by atoms with E-state index < -0.39 is 12.2 Å². The van der Waals surface area contributed by atoms with E-state index in [-0.39, 0.29) is 36.9 Å². The van der Waals surface area contributed by atoms with Gasteiger partial charge in [0.15, 0.2) is 0 Å². The number of likely N-dealkylation sites (N-methyl/N-ethyl adjacent to an activating group) is 1. The summed E-state index contributed by atoms with van der Waals surface area (Å²) >= 11 is 0. The normalized spacial score (nSPS) is 18.5. The van der Waals surface area contributed by atoms with Crippen molar-refractivity contribution >= 4 is 17.8 Å². The highest BCUT2D eigenvalue weighted by molar-refractivity contribution is 5.92. The number of urea groups is 1. The summed E-state index contributed by atoms with van der Waals surface area (Å²) in [5, 5.41) is 6.26. The number of nitrogens with one attached hydrogen (secondary N) is 1. The summed E-state index contributed by atoms with van der Waals surface area (Å²) in [4.78, 5) is 45.3. The predicted octanol–water partition coefficient (Wildman–Crippen LogP) is 5.03. The molecule has 9 nitrogen and oxygen atoms in total. The van der Waals surface area contributed by atoms with Crippen LogP contribution in [0.3, 0.4) is 0 Å². The lowest BCUT2D eigenvalue weighted by atomic mass is 9.88. The number of ether oxygens (including phenoxy) is 1. The molecule has 46 heavy (non-hydrogen) atoms. The Bertz CT molecular complexity index is 1600. The Morgan fingerprint density at radius 1 is 0.848 bits per heavy atom. The van der Waals surface area contributed by atoms with Crippen molar-refractivity contribution in [3.05, 3.63) is 138 Å². The van der Waals surface area contributed by atoms with Crippen molar-refractivity contribution in [2.45, 2.75) is 31.1 Å². The van der Waals surface area contributed by atoms with Gasteiger partial charge in [0.1, 0.15) is 18.0 Å². The molecule has 4 amide bonds. The first-order chi connectivity index (χ1) is 22.4. The molecule has 0 spiro atoms. The Labute approximate surface area is 269 Å². The van der Waals surface area contributed by atoms with E-state index in [0.717, 1.165) is 16.9 Å². The molecular weight excluding hydrogens is 578 g/mol. The number of fused-ring (bicyclic) bond motifs is 1. The first-order valence-corrected chi connectivity index (χ1v) is 15.6. The third-order valence-corrected chi connectivity index (χ3v) is 8.85. The maximum absolute atomic E-state index is 14.3. The Kier molecular flexibility index (Phi) is 9.30. The first-order valence-electron chi connectivity index (χ1n) is 15.6. The highest BCUT2D eigenvalue weighted by Gasteiger charge is 2.51. The van der Waals surface area contributed by atoms with E-state index in [1.807, 2.05) is 95.9 Å². The SMILES string of the molecule is COc1ccc(CNC(=O)N2[C@H]3CN(CCC(c4ccccc4)c4ccccc4)C(=O)[C@H](c4ccccc4)N3C(=O)CN2C)cc1. The van der Waals surface area contributed by atoms with Crippen molar-refractivity contribution in [1.82, 2.24) is 25.1 Å². The summed E-state index contributed by atoms with van der Waals surface area (Å²) < 4.78 is 5.25. The number of benzene rings is 4. The summed E-state index contributed by atoms with van der Waals surface area (Å²) in [6.07, 6.45) is -0.00141. The summed E-state index contributed by atoms with van der Waals surface area (Å²) in [7, 11) is 3.35. The van der Waals surface area contributed by atoms with Crippen LogP contribution in [0.5, 0.6) is 5.75 Å². The molecule has 0 unspecified atom stereocenters. The van der Waals surface area contributed by atoms with E-state index in [1.165, 1.54) is 11.1 Å². The molecule has 0 aliphatic carbocycles. The van der Waals surface area contributed by atoms with E-state index in [2.05, 4.69) is 29.6 Å². The van der Waals surface area contributed by atoms with Crippen LogP contribution in [-0.4, -0.2) is 77.6 Å². The molecule has 4 aromatic carbocycles. The third kappa shape index (κ3) is 6.46. The van der Waals surface area contributed by atoms with Crippen LogP contribution in [0.15, 0.2) is 115 Å². The Balaban J connectivity index is 1.29. The summed E-state index contributed by atoms with van der Waals surface area (Å²) in [5.74, 6) is 0.475. The molecule has 0 bridgehead atoms. The largest absolute Gasteiger partial charge is 0.497 e. The number of methoxy groups -OCH3 is 1. The van der Waals surface area contributed by atoms with Gasteiger partial charge in [0.25, 0.3) is 0 Å². The van der Waals surface area contributed by atoms with Crippen LogP contribution >= 0.6 is 0 Å². The molecule has 1 N–H and O–H groups in total. The zero-order chi connectivity index (χ0) is 32.0. The van der Waals surface area contributed by atoms with Crippen LogP contribution in [0.1, 0.15) is 40.6 Å². The van der Waals surface area contributed by atoms with Gasteiger partial charge >= 0.3 is 6.03 Å². The molecule has 2 fully saturated rings.